The summed E-state index contributed by atoms with van der Waals surface area (Å²) in [5, 5.41) is 8.70. The zero-order chi connectivity index (χ0) is 25.4. The molecule has 8 heteroatoms. The van der Waals surface area contributed by atoms with Crippen molar-refractivity contribution in [2.75, 3.05) is 13.2 Å². The van der Waals surface area contributed by atoms with E-state index in [9.17, 15) is 13.6 Å². The smallest absolute Gasteiger partial charge is 0.272 e. The molecule has 1 amide bonds. The summed E-state index contributed by atoms with van der Waals surface area (Å²) in [4.78, 5) is 15.9. The molecule has 0 saturated carbocycles. The lowest BCUT2D eigenvalue weighted by molar-refractivity contribution is -0.0843. The fourth-order valence-corrected chi connectivity index (χ4v) is 5.60. The van der Waals surface area contributed by atoms with Gasteiger partial charge in [0.15, 0.2) is 5.69 Å². The Morgan fingerprint density at radius 1 is 0.865 bits per heavy atom. The summed E-state index contributed by atoms with van der Waals surface area (Å²) in [6.07, 6.45) is 1.55. The molecule has 0 radical (unpaired) electrons. The van der Waals surface area contributed by atoms with Gasteiger partial charge in [0.25, 0.3) is 5.91 Å². The normalized spacial score (nSPS) is 21.7. The number of hydrogen-bond donors (Lipinski definition) is 1. The molecular formula is C29H28F2N4O2. The van der Waals surface area contributed by atoms with Gasteiger partial charge < -0.3 is 10.1 Å². The number of morpholine rings is 1. The standard InChI is InChI=1S/C29H28F2N4O2/c30-21-9-5-19(6-10-21)15-34-24-13-23(14-25(34)18-37-17-24)32-29(36)28-26-3-1-2-4-27(26)35(33-28)16-20-7-11-22(31)12-8-20/h1-12,23-25H,13-18H2,(H,32,36)/t23?,24-,25+. The molecular weight excluding hydrogens is 474 g/mol. The van der Waals surface area contributed by atoms with E-state index in [-0.39, 0.29) is 35.7 Å². The second-order valence-electron chi connectivity index (χ2n) is 9.94. The third kappa shape index (κ3) is 4.99. The van der Waals surface area contributed by atoms with Crippen LogP contribution in [-0.4, -0.2) is 51.9 Å². The number of carbonyl (C=O) groups excluding carboxylic acids is 1. The lowest BCUT2D eigenvalue weighted by Crippen LogP contribution is -2.60. The summed E-state index contributed by atoms with van der Waals surface area (Å²) >= 11 is 0. The highest BCUT2D eigenvalue weighted by Crippen LogP contribution is 2.30. The third-order valence-corrected chi connectivity index (χ3v) is 7.40. The molecule has 37 heavy (non-hydrogen) atoms. The van der Waals surface area contributed by atoms with E-state index in [1.165, 1.54) is 24.3 Å². The molecule has 0 aliphatic carbocycles. The summed E-state index contributed by atoms with van der Waals surface area (Å²) in [6, 6.07) is 21.0. The number of para-hydroxylation sites is 1. The number of fused-ring (bicyclic) bond motifs is 3. The summed E-state index contributed by atoms with van der Waals surface area (Å²) < 4.78 is 34.3. The minimum absolute atomic E-state index is 0.0110. The average Bonchev–Trinajstić information content (AvgIpc) is 3.26. The lowest BCUT2D eigenvalue weighted by atomic mass is 9.89. The second-order valence-corrected chi connectivity index (χ2v) is 9.94. The van der Waals surface area contributed by atoms with Crippen LogP contribution in [0.2, 0.25) is 0 Å². The third-order valence-electron chi connectivity index (χ3n) is 7.40. The van der Waals surface area contributed by atoms with Crippen LogP contribution >= 0.6 is 0 Å². The summed E-state index contributed by atoms with van der Waals surface area (Å²) in [5.41, 5.74) is 3.23. The molecule has 1 aromatic heterocycles. The van der Waals surface area contributed by atoms with Gasteiger partial charge in [0.1, 0.15) is 11.6 Å². The molecule has 1 unspecified atom stereocenters. The van der Waals surface area contributed by atoms with Gasteiger partial charge in [-0.1, -0.05) is 42.5 Å². The van der Waals surface area contributed by atoms with E-state index in [2.05, 4.69) is 15.3 Å². The Morgan fingerprint density at radius 2 is 1.46 bits per heavy atom. The molecule has 1 N–H and O–H groups in total. The van der Waals surface area contributed by atoms with E-state index < -0.39 is 0 Å². The van der Waals surface area contributed by atoms with Crippen molar-refractivity contribution in [1.82, 2.24) is 20.0 Å². The topological polar surface area (TPSA) is 59.4 Å². The second kappa shape index (κ2) is 10.0. The molecule has 3 atom stereocenters. The molecule has 6 nitrogen and oxygen atoms in total. The Morgan fingerprint density at radius 3 is 2.11 bits per heavy atom. The molecule has 190 valence electrons. The molecule has 2 aliphatic rings. The Hall–Kier alpha value is -3.62. The van der Waals surface area contributed by atoms with E-state index in [0.29, 0.717) is 25.5 Å². The van der Waals surface area contributed by atoms with Crippen molar-refractivity contribution < 1.29 is 18.3 Å². The quantitative estimate of drug-likeness (QED) is 0.421. The number of benzene rings is 3. The van der Waals surface area contributed by atoms with Crippen molar-refractivity contribution in [3.63, 3.8) is 0 Å². The molecule has 6 rings (SSSR count). The minimum atomic E-state index is -0.284. The molecule has 2 bridgehead atoms. The zero-order valence-electron chi connectivity index (χ0n) is 20.3. The fourth-order valence-electron chi connectivity index (χ4n) is 5.60. The predicted octanol–water partition coefficient (Wildman–Crippen LogP) is 4.52. The van der Waals surface area contributed by atoms with E-state index in [4.69, 9.17) is 4.74 Å². The first-order chi connectivity index (χ1) is 18.0. The number of rotatable bonds is 6. The van der Waals surface area contributed by atoms with E-state index in [0.717, 1.165) is 41.4 Å². The Bertz CT molecular complexity index is 1390. The van der Waals surface area contributed by atoms with Crippen molar-refractivity contribution in [2.45, 2.75) is 44.1 Å². The van der Waals surface area contributed by atoms with Gasteiger partial charge >= 0.3 is 0 Å². The van der Waals surface area contributed by atoms with Gasteiger partial charge in [-0.05, 0) is 54.3 Å². The first-order valence-corrected chi connectivity index (χ1v) is 12.6. The number of aromatic nitrogens is 2. The van der Waals surface area contributed by atoms with Crippen molar-refractivity contribution in [1.29, 1.82) is 0 Å². The van der Waals surface area contributed by atoms with Crippen LogP contribution in [0.15, 0.2) is 72.8 Å². The van der Waals surface area contributed by atoms with Crippen LogP contribution in [0, 0.1) is 11.6 Å². The number of nitrogens with one attached hydrogen (secondary N) is 1. The maximum absolute atomic E-state index is 13.4. The van der Waals surface area contributed by atoms with Crippen LogP contribution in [0.1, 0.15) is 34.5 Å². The molecule has 0 spiro atoms. The van der Waals surface area contributed by atoms with Crippen molar-refractivity contribution in [3.8, 4) is 0 Å². The first-order valence-electron chi connectivity index (χ1n) is 12.6. The average molecular weight is 503 g/mol. The highest BCUT2D eigenvalue weighted by Gasteiger charge is 2.39. The Labute approximate surface area is 213 Å². The van der Waals surface area contributed by atoms with Gasteiger partial charge in [-0.15, -0.1) is 0 Å². The van der Waals surface area contributed by atoms with E-state index >= 15 is 0 Å². The Kier molecular flexibility index (Phi) is 6.44. The molecule has 3 aromatic carbocycles. The summed E-state index contributed by atoms with van der Waals surface area (Å²) in [5.74, 6) is -0.709. The number of carbonyl (C=O) groups is 1. The van der Waals surface area contributed by atoms with Crippen LogP contribution in [0.5, 0.6) is 0 Å². The number of piperidine rings is 1. The SMILES string of the molecule is O=C(NC1C[C@H]2COC[C@@H](C1)N2Cc1ccc(F)cc1)c1nn(Cc2ccc(F)cc2)c2ccccc12. The fraction of sp³-hybridized carbons (Fsp3) is 0.310. The van der Waals surface area contributed by atoms with Crippen molar-refractivity contribution in [2.24, 2.45) is 0 Å². The predicted molar refractivity (Wildman–Crippen MR) is 136 cm³/mol. The number of amides is 1. The number of halogens is 2. The van der Waals surface area contributed by atoms with Gasteiger partial charge in [0, 0.05) is 30.1 Å². The van der Waals surface area contributed by atoms with Gasteiger partial charge in [0.05, 0.1) is 25.3 Å². The zero-order valence-corrected chi connectivity index (χ0v) is 20.3. The number of ether oxygens (including phenoxy) is 1. The lowest BCUT2D eigenvalue weighted by Gasteiger charge is -2.48. The monoisotopic (exact) mass is 502 g/mol. The van der Waals surface area contributed by atoms with E-state index in [1.807, 2.05) is 36.4 Å². The van der Waals surface area contributed by atoms with Crippen LogP contribution in [0.4, 0.5) is 8.78 Å². The highest BCUT2D eigenvalue weighted by atomic mass is 19.1. The maximum Gasteiger partial charge on any atom is 0.272 e. The Balaban J connectivity index is 1.18. The first kappa shape index (κ1) is 23.8. The number of hydrogen-bond acceptors (Lipinski definition) is 4. The largest absolute Gasteiger partial charge is 0.378 e. The van der Waals surface area contributed by atoms with E-state index in [1.54, 1.807) is 16.8 Å². The van der Waals surface area contributed by atoms with Crippen molar-refractivity contribution in [3.05, 3.63) is 101 Å². The van der Waals surface area contributed by atoms with Gasteiger partial charge in [-0.2, -0.15) is 5.10 Å². The van der Waals surface area contributed by atoms with Gasteiger partial charge in [0.2, 0.25) is 0 Å². The summed E-state index contributed by atoms with van der Waals surface area (Å²) in [7, 11) is 0. The van der Waals surface area contributed by atoms with Gasteiger partial charge in [-0.25, -0.2) is 8.78 Å². The van der Waals surface area contributed by atoms with Crippen LogP contribution in [0.3, 0.4) is 0 Å². The number of nitrogens with zero attached hydrogens (tertiary/aromatic N) is 3. The maximum atomic E-state index is 13.4. The van der Waals surface area contributed by atoms with Crippen LogP contribution in [0.25, 0.3) is 10.9 Å². The molecule has 2 aliphatic heterocycles. The minimum Gasteiger partial charge on any atom is -0.378 e. The summed E-state index contributed by atoms with van der Waals surface area (Å²) in [6.45, 7) is 2.40. The molecule has 4 aromatic rings. The highest BCUT2D eigenvalue weighted by molar-refractivity contribution is 6.05. The van der Waals surface area contributed by atoms with Crippen LogP contribution in [-0.2, 0) is 17.8 Å². The molecule has 2 saturated heterocycles. The van der Waals surface area contributed by atoms with Crippen molar-refractivity contribution >= 4 is 16.8 Å². The molecule has 3 heterocycles. The van der Waals surface area contributed by atoms with Crippen LogP contribution < -0.4 is 5.32 Å². The van der Waals surface area contributed by atoms with Gasteiger partial charge in [-0.3, -0.25) is 14.4 Å². The molecule has 2 fully saturated rings.